The minimum Gasteiger partial charge on any atom is -0.478 e. The highest BCUT2D eigenvalue weighted by atomic mass is 127. The van der Waals surface area contributed by atoms with Crippen molar-refractivity contribution in [1.82, 2.24) is 0 Å². The van der Waals surface area contributed by atoms with Crippen molar-refractivity contribution in [2.75, 3.05) is 0 Å². The number of aromatic carboxylic acids is 1. The summed E-state index contributed by atoms with van der Waals surface area (Å²) >= 11 is 7.82. The van der Waals surface area contributed by atoms with Crippen LogP contribution in [0.1, 0.15) is 15.9 Å². The monoisotopic (exact) mass is 296 g/mol. The Morgan fingerprint density at radius 2 is 2.17 bits per heavy atom. The quantitative estimate of drug-likeness (QED) is 0.809. The van der Waals surface area contributed by atoms with E-state index < -0.39 is 5.97 Å². The van der Waals surface area contributed by atoms with Gasteiger partial charge in [-0.15, -0.1) is 0 Å². The van der Waals surface area contributed by atoms with Crippen LogP contribution in [0.5, 0.6) is 0 Å². The van der Waals surface area contributed by atoms with E-state index in [4.69, 9.17) is 16.7 Å². The number of benzene rings is 1. The first kappa shape index (κ1) is 9.80. The van der Waals surface area contributed by atoms with Gasteiger partial charge < -0.3 is 5.11 Å². The van der Waals surface area contributed by atoms with Crippen LogP contribution in [0.2, 0.25) is 5.02 Å². The predicted octanol–water partition coefficient (Wildman–Crippen LogP) is 2.95. The number of carbonyl (C=O) groups is 1. The van der Waals surface area contributed by atoms with Crippen LogP contribution in [0.25, 0.3) is 0 Å². The summed E-state index contributed by atoms with van der Waals surface area (Å²) in [7, 11) is 0. The molecule has 0 aliphatic heterocycles. The van der Waals surface area contributed by atoms with Crippen molar-refractivity contribution in [2.45, 2.75) is 6.92 Å². The standard InChI is InChI=1S/C8H6ClIO2/c1-4-5(8(11)12)2-3-6(9)7(4)10/h2-3H,1H3,(H,11,12). The zero-order valence-electron chi connectivity index (χ0n) is 6.27. The van der Waals surface area contributed by atoms with E-state index in [9.17, 15) is 4.79 Å². The Labute approximate surface area is 88.7 Å². The van der Waals surface area contributed by atoms with Crippen LogP contribution in [0, 0.1) is 10.5 Å². The molecule has 0 fully saturated rings. The third-order valence-electron chi connectivity index (χ3n) is 1.57. The van der Waals surface area contributed by atoms with Crippen molar-refractivity contribution in [3.05, 3.63) is 31.9 Å². The lowest BCUT2D eigenvalue weighted by Crippen LogP contribution is -2.01. The summed E-state index contributed by atoms with van der Waals surface area (Å²) in [5.74, 6) is -0.915. The van der Waals surface area contributed by atoms with Crippen LogP contribution in [-0.2, 0) is 0 Å². The van der Waals surface area contributed by atoms with Crippen molar-refractivity contribution in [3.63, 3.8) is 0 Å². The van der Waals surface area contributed by atoms with Crippen molar-refractivity contribution in [2.24, 2.45) is 0 Å². The molecule has 0 saturated carbocycles. The van der Waals surface area contributed by atoms with Crippen molar-refractivity contribution in [1.29, 1.82) is 0 Å². The molecule has 0 atom stereocenters. The zero-order chi connectivity index (χ0) is 9.30. The second-order valence-corrected chi connectivity index (χ2v) is 3.83. The number of rotatable bonds is 1. The van der Waals surface area contributed by atoms with Crippen LogP contribution in [0.3, 0.4) is 0 Å². The fourth-order valence-corrected chi connectivity index (χ4v) is 1.56. The Bertz CT molecular complexity index is 336. The van der Waals surface area contributed by atoms with E-state index in [-0.39, 0.29) is 0 Å². The lowest BCUT2D eigenvalue weighted by molar-refractivity contribution is 0.0696. The second-order valence-electron chi connectivity index (χ2n) is 2.34. The first-order valence-corrected chi connectivity index (χ1v) is 4.67. The Kier molecular flexibility index (Phi) is 2.95. The summed E-state index contributed by atoms with van der Waals surface area (Å²) in [5.41, 5.74) is 1.03. The SMILES string of the molecule is Cc1c(C(=O)O)ccc(Cl)c1I. The van der Waals surface area contributed by atoms with Gasteiger partial charge in [0.15, 0.2) is 0 Å². The predicted molar refractivity (Wildman–Crippen MR) is 55.9 cm³/mol. The second kappa shape index (κ2) is 3.62. The number of carboxylic acids is 1. The molecule has 1 aromatic rings. The van der Waals surface area contributed by atoms with E-state index in [0.29, 0.717) is 10.6 Å². The third-order valence-corrected chi connectivity index (χ3v) is 3.59. The lowest BCUT2D eigenvalue weighted by Gasteiger charge is -2.04. The summed E-state index contributed by atoms with van der Waals surface area (Å²) in [4.78, 5) is 10.6. The van der Waals surface area contributed by atoms with E-state index in [1.807, 2.05) is 22.6 Å². The number of hydrogen-bond acceptors (Lipinski definition) is 1. The Balaban J connectivity index is 3.36. The molecular formula is C8H6ClIO2. The molecule has 0 heterocycles. The van der Waals surface area contributed by atoms with Gasteiger partial charge in [0.2, 0.25) is 0 Å². The number of carboxylic acid groups (broad SMARTS) is 1. The summed E-state index contributed by atoms with van der Waals surface area (Å²) < 4.78 is 0.800. The highest BCUT2D eigenvalue weighted by molar-refractivity contribution is 14.1. The molecule has 64 valence electrons. The van der Waals surface area contributed by atoms with E-state index in [0.717, 1.165) is 9.13 Å². The smallest absolute Gasteiger partial charge is 0.335 e. The van der Waals surface area contributed by atoms with Gasteiger partial charge in [-0.2, -0.15) is 0 Å². The molecule has 0 aliphatic carbocycles. The van der Waals surface area contributed by atoms with Gasteiger partial charge in [-0.05, 0) is 47.2 Å². The Morgan fingerprint density at radius 3 is 2.67 bits per heavy atom. The largest absolute Gasteiger partial charge is 0.478 e. The molecule has 1 N–H and O–H groups in total. The third kappa shape index (κ3) is 1.72. The van der Waals surface area contributed by atoms with Crippen molar-refractivity contribution < 1.29 is 9.90 Å². The van der Waals surface area contributed by atoms with Gasteiger partial charge in [0.25, 0.3) is 0 Å². The van der Waals surface area contributed by atoms with Gasteiger partial charge in [-0.25, -0.2) is 4.79 Å². The zero-order valence-corrected chi connectivity index (χ0v) is 9.18. The molecule has 0 unspecified atom stereocenters. The molecular weight excluding hydrogens is 290 g/mol. The van der Waals surface area contributed by atoms with Crippen LogP contribution in [-0.4, -0.2) is 11.1 Å². The van der Waals surface area contributed by atoms with E-state index in [2.05, 4.69) is 0 Å². The first-order valence-electron chi connectivity index (χ1n) is 3.22. The van der Waals surface area contributed by atoms with E-state index in [1.165, 1.54) is 6.07 Å². The van der Waals surface area contributed by atoms with Crippen LogP contribution in [0.15, 0.2) is 12.1 Å². The van der Waals surface area contributed by atoms with Gasteiger partial charge >= 0.3 is 5.97 Å². The van der Waals surface area contributed by atoms with Gasteiger partial charge in [-0.1, -0.05) is 11.6 Å². The average molecular weight is 296 g/mol. The first-order chi connectivity index (χ1) is 5.54. The molecule has 1 aromatic carbocycles. The highest BCUT2D eigenvalue weighted by Crippen LogP contribution is 2.24. The summed E-state index contributed by atoms with van der Waals surface area (Å²) in [5, 5.41) is 9.33. The average Bonchev–Trinajstić information content (AvgIpc) is 2.00. The molecule has 0 aromatic heterocycles. The van der Waals surface area contributed by atoms with Gasteiger partial charge in [-0.3, -0.25) is 0 Å². The minimum atomic E-state index is -0.915. The molecule has 0 aliphatic rings. The molecule has 1 rings (SSSR count). The van der Waals surface area contributed by atoms with Gasteiger partial charge in [0, 0.05) is 3.57 Å². The van der Waals surface area contributed by atoms with Crippen LogP contribution >= 0.6 is 34.2 Å². The molecule has 2 nitrogen and oxygen atoms in total. The lowest BCUT2D eigenvalue weighted by atomic mass is 10.1. The molecule has 0 amide bonds. The molecule has 4 heteroatoms. The van der Waals surface area contributed by atoms with Crippen molar-refractivity contribution >= 4 is 40.2 Å². The molecule has 0 bridgehead atoms. The maximum atomic E-state index is 10.6. The van der Waals surface area contributed by atoms with E-state index >= 15 is 0 Å². The topological polar surface area (TPSA) is 37.3 Å². The van der Waals surface area contributed by atoms with Gasteiger partial charge in [0.1, 0.15) is 0 Å². The fourth-order valence-electron chi connectivity index (χ4n) is 0.884. The molecule has 0 spiro atoms. The van der Waals surface area contributed by atoms with Crippen LogP contribution < -0.4 is 0 Å². The normalized spacial score (nSPS) is 9.92. The molecule has 0 saturated heterocycles. The molecule has 0 radical (unpaired) electrons. The summed E-state index contributed by atoms with van der Waals surface area (Å²) in [6.45, 7) is 1.75. The van der Waals surface area contributed by atoms with Crippen molar-refractivity contribution in [3.8, 4) is 0 Å². The minimum absolute atomic E-state index is 0.309. The highest BCUT2D eigenvalue weighted by Gasteiger charge is 2.10. The maximum Gasteiger partial charge on any atom is 0.335 e. The summed E-state index contributed by atoms with van der Waals surface area (Å²) in [6.07, 6.45) is 0. The summed E-state index contributed by atoms with van der Waals surface area (Å²) in [6, 6.07) is 3.11. The molecule has 12 heavy (non-hydrogen) atoms. The maximum absolute atomic E-state index is 10.6. The number of hydrogen-bond donors (Lipinski definition) is 1. The van der Waals surface area contributed by atoms with Gasteiger partial charge in [0.05, 0.1) is 10.6 Å². The fraction of sp³-hybridized carbons (Fsp3) is 0.125. The number of halogens is 2. The van der Waals surface area contributed by atoms with Crippen LogP contribution in [0.4, 0.5) is 0 Å². The Morgan fingerprint density at radius 1 is 1.58 bits per heavy atom. The van der Waals surface area contributed by atoms with E-state index in [1.54, 1.807) is 13.0 Å². The Hall–Kier alpha value is -0.290.